The number of nitrogens with two attached hydrogens (primary N) is 1. The number of rotatable bonds is 4. The van der Waals surface area contributed by atoms with Gasteiger partial charge in [-0.15, -0.1) is 0 Å². The maximum Gasteiger partial charge on any atom is 0.327 e. The Kier molecular flexibility index (Phi) is 5.59. The van der Waals surface area contributed by atoms with Gasteiger partial charge in [0.05, 0.1) is 5.69 Å². The first-order valence-corrected chi connectivity index (χ1v) is 12.2. The molecule has 0 spiro atoms. The summed E-state index contributed by atoms with van der Waals surface area (Å²) in [5.41, 5.74) is 13.7. The summed E-state index contributed by atoms with van der Waals surface area (Å²) < 4.78 is 0. The van der Waals surface area contributed by atoms with Gasteiger partial charge in [0.1, 0.15) is 6.04 Å². The van der Waals surface area contributed by atoms with E-state index in [0.29, 0.717) is 23.8 Å². The summed E-state index contributed by atoms with van der Waals surface area (Å²) in [7, 11) is 0. The lowest BCUT2D eigenvalue weighted by Crippen LogP contribution is -2.36. The van der Waals surface area contributed by atoms with Gasteiger partial charge in [0.2, 0.25) is 0 Å². The molecule has 1 fully saturated rings. The van der Waals surface area contributed by atoms with Crippen molar-refractivity contribution in [2.24, 2.45) is 0 Å². The van der Waals surface area contributed by atoms with Gasteiger partial charge >= 0.3 is 5.97 Å². The van der Waals surface area contributed by atoms with Gasteiger partial charge in [0, 0.05) is 18.3 Å². The molecular weight excluding hydrogens is 422 g/mol. The molecule has 176 valence electrons. The average Bonchev–Trinajstić information content (AvgIpc) is 3.46. The van der Waals surface area contributed by atoms with E-state index in [0.717, 1.165) is 22.4 Å². The SMILES string of the molecule is CC(C)(C)c1ccc(-c2ccc3c(c2)CC(C(=O)O)N3c2ncc(C3CCCC3)cc2N)cc1. The van der Waals surface area contributed by atoms with E-state index in [9.17, 15) is 9.90 Å². The molecule has 5 nitrogen and oxygen atoms in total. The van der Waals surface area contributed by atoms with Gasteiger partial charge < -0.3 is 15.7 Å². The van der Waals surface area contributed by atoms with E-state index in [4.69, 9.17) is 5.73 Å². The number of anilines is 3. The fraction of sp³-hybridized carbons (Fsp3) is 0.379. The van der Waals surface area contributed by atoms with E-state index in [1.54, 1.807) is 4.90 Å². The number of carbonyl (C=O) groups is 1. The summed E-state index contributed by atoms with van der Waals surface area (Å²) in [4.78, 5) is 18.7. The lowest BCUT2D eigenvalue weighted by Gasteiger charge is -2.25. The molecule has 2 aromatic carbocycles. The number of fused-ring (bicyclic) bond motifs is 1. The summed E-state index contributed by atoms with van der Waals surface area (Å²) >= 11 is 0. The molecule has 1 aromatic heterocycles. The third kappa shape index (κ3) is 4.04. The maximum absolute atomic E-state index is 12.2. The van der Waals surface area contributed by atoms with Crippen LogP contribution in [0.15, 0.2) is 54.7 Å². The Morgan fingerprint density at radius 3 is 2.32 bits per heavy atom. The molecule has 0 amide bonds. The van der Waals surface area contributed by atoms with Crippen molar-refractivity contribution in [3.63, 3.8) is 0 Å². The third-order valence-corrected chi connectivity index (χ3v) is 7.40. The molecule has 0 saturated heterocycles. The second-order valence-electron chi connectivity index (χ2n) is 10.8. The van der Waals surface area contributed by atoms with Gasteiger partial charge in [-0.25, -0.2) is 9.78 Å². The number of hydrogen-bond donors (Lipinski definition) is 2. The second-order valence-corrected chi connectivity index (χ2v) is 10.8. The van der Waals surface area contributed by atoms with Crippen LogP contribution in [0.1, 0.15) is 69.1 Å². The fourth-order valence-electron chi connectivity index (χ4n) is 5.43. The molecule has 3 N–H and O–H groups in total. The highest BCUT2D eigenvalue weighted by Crippen LogP contribution is 2.43. The van der Waals surface area contributed by atoms with Crippen LogP contribution < -0.4 is 10.6 Å². The molecule has 3 aromatic rings. The van der Waals surface area contributed by atoms with Crippen molar-refractivity contribution in [2.75, 3.05) is 10.6 Å². The van der Waals surface area contributed by atoms with Gasteiger partial charge in [-0.2, -0.15) is 0 Å². The first-order chi connectivity index (χ1) is 16.2. The van der Waals surface area contributed by atoms with Crippen LogP contribution >= 0.6 is 0 Å². The number of carboxylic acid groups (broad SMARTS) is 1. The molecular formula is C29H33N3O2. The average molecular weight is 456 g/mol. The zero-order valence-electron chi connectivity index (χ0n) is 20.2. The highest BCUT2D eigenvalue weighted by atomic mass is 16.4. The molecule has 1 atom stereocenters. The third-order valence-electron chi connectivity index (χ3n) is 7.40. The van der Waals surface area contributed by atoms with Crippen LogP contribution in [0.2, 0.25) is 0 Å². The van der Waals surface area contributed by atoms with Crippen molar-refractivity contribution >= 4 is 23.2 Å². The number of benzene rings is 2. The summed E-state index contributed by atoms with van der Waals surface area (Å²) in [5, 5.41) is 10.0. The highest BCUT2D eigenvalue weighted by molar-refractivity contribution is 5.89. The van der Waals surface area contributed by atoms with Gasteiger partial charge in [0.25, 0.3) is 0 Å². The summed E-state index contributed by atoms with van der Waals surface area (Å²) in [6.45, 7) is 6.62. The van der Waals surface area contributed by atoms with Crippen molar-refractivity contribution in [1.29, 1.82) is 0 Å². The number of aliphatic carboxylic acids is 1. The predicted molar refractivity (Wildman–Crippen MR) is 138 cm³/mol. The standard InChI is InChI=1S/C29H33N3O2/c1-29(2,3)23-11-8-19(9-12-23)20-10-13-25-21(14-20)16-26(28(33)34)32(25)27-24(30)15-22(17-31-27)18-6-4-5-7-18/h8-15,17-18,26H,4-7,16,30H2,1-3H3,(H,33,34). The highest BCUT2D eigenvalue weighted by Gasteiger charge is 2.37. The number of pyridine rings is 1. The Hall–Kier alpha value is -3.34. The Morgan fingerprint density at radius 1 is 1.03 bits per heavy atom. The molecule has 1 aliphatic carbocycles. The molecule has 1 unspecified atom stereocenters. The van der Waals surface area contributed by atoms with Crippen molar-refractivity contribution in [3.8, 4) is 11.1 Å². The first kappa shape index (κ1) is 22.5. The molecule has 0 bridgehead atoms. The smallest absolute Gasteiger partial charge is 0.327 e. The van der Waals surface area contributed by atoms with Crippen LogP contribution in [0, 0.1) is 0 Å². The zero-order chi connectivity index (χ0) is 24.0. The van der Waals surface area contributed by atoms with Crippen molar-refractivity contribution in [1.82, 2.24) is 4.98 Å². The molecule has 34 heavy (non-hydrogen) atoms. The Labute approximate surface area is 201 Å². The Bertz CT molecular complexity index is 1220. The van der Waals surface area contributed by atoms with Gasteiger partial charge in [-0.1, -0.05) is 63.9 Å². The molecule has 1 saturated carbocycles. The minimum atomic E-state index is -0.867. The van der Waals surface area contributed by atoms with Crippen molar-refractivity contribution in [3.05, 3.63) is 71.4 Å². The summed E-state index contributed by atoms with van der Waals surface area (Å²) in [5.74, 6) is 0.181. The minimum Gasteiger partial charge on any atom is -0.480 e. The number of hydrogen-bond acceptors (Lipinski definition) is 4. The van der Waals surface area contributed by atoms with Crippen LogP contribution in [0.25, 0.3) is 11.1 Å². The molecule has 1 aliphatic heterocycles. The predicted octanol–water partition coefficient (Wildman–Crippen LogP) is 6.43. The van der Waals surface area contributed by atoms with Crippen molar-refractivity contribution < 1.29 is 9.90 Å². The van der Waals surface area contributed by atoms with Crippen LogP contribution in [0.4, 0.5) is 17.2 Å². The van der Waals surface area contributed by atoms with E-state index in [1.165, 1.54) is 36.8 Å². The van der Waals surface area contributed by atoms with E-state index >= 15 is 0 Å². The number of nitrogens with zero attached hydrogens (tertiary/aromatic N) is 2. The largest absolute Gasteiger partial charge is 0.480 e. The zero-order valence-corrected chi connectivity index (χ0v) is 20.2. The second kappa shape index (κ2) is 8.46. The van der Waals surface area contributed by atoms with Gasteiger partial charge in [-0.3, -0.25) is 0 Å². The minimum absolute atomic E-state index is 0.103. The summed E-state index contributed by atoms with van der Waals surface area (Å²) in [6, 6.07) is 16.1. The maximum atomic E-state index is 12.2. The Balaban J connectivity index is 1.49. The summed E-state index contributed by atoms with van der Waals surface area (Å²) in [6.07, 6.45) is 7.14. The van der Waals surface area contributed by atoms with Crippen molar-refractivity contribution in [2.45, 2.75) is 70.3 Å². The van der Waals surface area contributed by atoms with E-state index < -0.39 is 12.0 Å². The fourth-order valence-corrected chi connectivity index (χ4v) is 5.43. The normalized spacial score (nSPS) is 18.3. The first-order valence-electron chi connectivity index (χ1n) is 12.2. The topological polar surface area (TPSA) is 79.5 Å². The van der Waals surface area contributed by atoms with Crippen LogP contribution in [-0.4, -0.2) is 22.1 Å². The Morgan fingerprint density at radius 2 is 1.71 bits per heavy atom. The molecule has 2 aliphatic rings. The quantitative estimate of drug-likeness (QED) is 0.474. The lowest BCUT2D eigenvalue weighted by molar-refractivity contribution is -0.138. The van der Waals surface area contributed by atoms with Gasteiger partial charge in [0.15, 0.2) is 5.82 Å². The molecule has 5 heteroatoms. The molecule has 0 radical (unpaired) electrons. The lowest BCUT2D eigenvalue weighted by atomic mass is 9.86. The number of carboxylic acids is 1. The van der Waals surface area contributed by atoms with E-state index in [1.807, 2.05) is 18.3 Å². The van der Waals surface area contributed by atoms with Crippen LogP contribution in [0.5, 0.6) is 0 Å². The van der Waals surface area contributed by atoms with Crippen LogP contribution in [-0.2, 0) is 16.6 Å². The number of nitrogen functional groups attached to an aromatic ring is 1. The van der Waals surface area contributed by atoms with E-state index in [2.05, 4.69) is 62.2 Å². The monoisotopic (exact) mass is 455 g/mol. The van der Waals surface area contributed by atoms with E-state index in [-0.39, 0.29) is 5.41 Å². The molecule has 2 heterocycles. The van der Waals surface area contributed by atoms with Gasteiger partial charge in [-0.05, 0) is 70.2 Å². The molecule has 5 rings (SSSR count). The number of aromatic nitrogens is 1. The van der Waals surface area contributed by atoms with Crippen LogP contribution in [0.3, 0.4) is 0 Å².